The van der Waals surface area contributed by atoms with Crippen LogP contribution in [0.15, 0.2) is 42.6 Å². The van der Waals surface area contributed by atoms with Crippen molar-refractivity contribution < 1.29 is 4.74 Å². The van der Waals surface area contributed by atoms with E-state index in [4.69, 9.17) is 15.5 Å². The van der Waals surface area contributed by atoms with Crippen LogP contribution in [-0.2, 0) is 16.6 Å². The normalized spacial score (nSPS) is 17.4. The Morgan fingerprint density at radius 1 is 0.917 bits per heavy atom. The molecule has 2 aliphatic rings. The van der Waals surface area contributed by atoms with E-state index in [1.54, 1.807) is 0 Å². The Morgan fingerprint density at radius 2 is 1.67 bits per heavy atom. The summed E-state index contributed by atoms with van der Waals surface area (Å²) in [5, 5.41) is 0. The van der Waals surface area contributed by atoms with Crippen LogP contribution in [0.25, 0.3) is 11.1 Å². The summed E-state index contributed by atoms with van der Waals surface area (Å²) in [5.41, 5.74) is 9.42. The molecule has 9 heteroatoms. The number of nitrogens with zero attached hydrogens (tertiary/aromatic N) is 7. The van der Waals surface area contributed by atoms with Crippen LogP contribution in [0.3, 0.4) is 0 Å². The molecule has 190 valence electrons. The maximum atomic E-state index is 6.14. The van der Waals surface area contributed by atoms with Gasteiger partial charge < -0.3 is 25.2 Å². The largest absolute Gasteiger partial charge is 0.378 e. The van der Waals surface area contributed by atoms with Crippen molar-refractivity contribution in [2.24, 2.45) is 0 Å². The predicted octanol–water partition coefficient (Wildman–Crippen LogP) is 2.62. The molecule has 5 rings (SSSR count). The average Bonchev–Trinajstić information content (AvgIpc) is 2.89. The number of nitrogen functional groups attached to an aromatic ring is 1. The van der Waals surface area contributed by atoms with Gasteiger partial charge in [-0.2, -0.15) is 15.0 Å². The van der Waals surface area contributed by atoms with Gasteiger partial charge in [0.25, 0.3) is 0 Å². The molecular formula is C27H36N8O. The maximum absolute atomic E-state index is 6.14. The molecule has 4 heterocycles. The van der Waals surface area contributed by atoms with Crippen LogP contribution in [-0.4, -0.2) is 84.4 Å². The maximum Gasteiger partial charge on any atom is 0.230 e. The molecule has 0 atom stereocenters. The third-order valence-corrected chi connectivity index (χ3v) is 7.07. The van der Waals surface area contributed by atoms with Crippen molar-refractivity contribution in [1.82, 2.24) is 24.8 Å². The van der Waals surface area contributed by atoms with E-state index in [9.17, 15) is 0 Å². The number of aromatic nitrogens is 4. The van der Waals surface area contributed by atoms with Crippen molar-refractivity contribution in [3.05, 3.63) is 54.0 Å². The summed E-state index contributed by atoms with van der Waals surface area (Å²) < 4.78 is 5.48. The second-order valence-corrected chi connectivity index (χ2v) is 10.3. The number of piperazine rings is 1. The summed E-state index contributed by atoms with van der Waals surface area (Å²) >= 11 is 0. The summed E-state index contributed by atoms with van der Waals surface area (Å²) in [6.07, 6.45) is 2.69. The summed E-state index contributed by atoms with van der Waals surface area (Å²) in [6, 6.07) is 12.9. The quantitative estimate of drug-likeness (QED) is 0.562. The predicted molar refractivity (Wildman–Crippen MR) is 143 cm³/mol. The van der Waals surface area contributed by atoms with Gasteiger partial charge in [-0.1, -0.05) is 38.1 Å². The summed E-state index contributed by atoms with van der Waals surface area (Å²) in [5.74, 6) is 2.64. The van der Waals surface area contributed by atoms with Crippen LogP contribution in [0, 0.1) is 0 Å². The molecule has 0 radical (unpaired) electrons. The van der Waals surface area contributed by atoms with Crippen LogP contribution in [0.4, 0.5) is 17.7 Å². The van der Waals surface area contributed by atoms with Crippen LogP contribution >= 0.6 is 0 Å². The Kier molecular flexibility index (Phi) is 7.02. The molecule has 0 amide bonds. The van der Waals surface area contributed by atoms with E-state index in [0.717, 1.165) is 51.5 Å². The highest BCUT2D eigenvalue weighted by atomic mass is 16.5. The zero-order chi connectivity index (χ0) is 25.1. The second kappa shape index (κ2) is 10.4. The topological polar surface area (TPSA) is 96.5 Å². The van der Waals surface area contributed by atoms with E-state index >= 15 is 0 Å². The van der Waals surface area contributed by atoms with Gasteiger partial charge in [0.15, 0.2) is 0 Å². The fourth-order valence-corrected chi connectivity index (χ4v) is 4.89. The lowest BCUT2D eigenvalue weighted by molar-refractivity contribution is 0.122. The number of likely N-dealkylation sites (N-methyl/N-ethyl adjacent to an activating group) is 1. The van der Waals surface area contributed by atoms with Crippen molar-refractivity contribution in [2.75, 3.05) is 75.1 Å². The minimum absolute atomic E-state index is 0.258. The third-order valence-electron chi connectivity index (χ3n) is 7.07. The zero-order valence-electron chi connectivity index (χ0n) is 21.5. The molecule has 0 spiro atoms. The molecule has 0 aliphatic carbocycles. The van der Waals surface area contributed by atoms with Crippen LogP contribution in [0.2, 0.25) is 0 Å². The van der Waals surface area contributed by atoms with Gasteiger partial charge in [-0.15, -0.1) is 0 Å². The number of hydrogen-bond donors (Lipinski definition) is 1. The molecule has 2 aromatic heterocycles. The number of pyridine rings is 1. The van der Waals surface area contributed by atoms with Gasteiger partial charge >= 0.3 is 0 Å². The zero-order valence-corrected chi connectivity index (χ0v) is 21.5. The van der Waals surface area contributed by atoms with Gasteiger partial charge in [0.05, 0.1) is 13.2 Å². The van der Waals surface area contributed by atoms with Gasteiger partial charge in [0.1, 0.15) is 11.6 Å². The molecule has 2 saturated heterocycles. The van der Waals surface area contributed by atoms with Gasteiger partial charge in [-0.05, 0) is 42.3 Å². The highest BCUT2D eigenvalue weighted by Gasteiger charge is 2.28. The average molecular weight is 489 g/mol. The van der Waals surface area contributed by atoms with Crippen molar-refractivity contribution in [3.63, 3.8) is 0 Å². The lowest BCUT2D eigenvalue weighted by atomic mass is 9.82. The Balaban J connectivity index is 1.42. The summed E-state index contributed by atoms with van der Waals surface area (Å²) in [4.78, 5) is 25.4. The number of hydrogen-bond acceptors (Lipinski definition) is 9. The first-order valence-corrected chi connectivity index (χ1v) is 12.7. The fourth-order valence-electron chi connectivity index (χ4n) is 4.89. The summed E-state index contributed by atoms with van der Waals surface area (Å²) in [6.45, 7) is 11.3. The SMILES string of the molecule is CN1CCN(c2cc(-c3ccccc3CC(C)(C)c3nc(N)nc(N4CCOCC4)n3)ccn2)CC1. The molecule has 2 N–H and O–H groups in total. The molecule has 3 aromatic rings. The van der Waals surface area contributed by atoms with Gasteiger partial charge in [0.2, 0.25) is 11.9 Å². The highest BCUT2D eigenvalue weighted by Crippen LogP contribution is 2.33. The van der Waals surface area contributed by atoms with E-state index < -0.39 is 0 Å². The lowest BCUT2D eigenvalue weighted by Gasteiger charge is -2.33. The van der Waals surface area contributed by atoms with E-state index in [0.29, 0.717) is 25.0 Å². The Labute approximate surface area is 213 Å². The van der Waals surface area contributed by atoms with Gasteiger partial charge in [0, 0.05) is 50.9 Å². The van der Waals surface area contributed by atoms with Gasteiger partial charge in [-0.25, -0.2) is 4.98 Å². The third kappa shape index (κ3) is 5.42. The minimum atomic E-state index is -0.346. The number of rotatable bonds is 6. The monoisotopic (exact) mass is 488 g/mol. The van der Waals surface area contributed by atoms with Crippen molar-refractivity contribution in [3.8, 4) is 11.1 Å². The van der Waals surface area contributed by atoms with E-state index in [1.165, 1.54) is 16.7 Å². The molecule has 2 aliphatic heterocycles. The number of morpholine rings is 1. The Hall–Kier alpha value is -3.30. The van der Waals surface area contributed by atoms with Crippen molar-refractivity contribution in [1.29, 1.82) is 0 Å². The number of ether oxygens (including phenoxy) is 1. The molecule has 36 heavy (non-hydrogen) atoms. The van der Waals surface area contributed by atoms with E-state index in [1.807, 2.05) is 6.20 Å². The smallest absolute Gasteiger partial charge is 0.230 e. The second-order valence-electron chi connectivity index (χ2n) is 10.3. The Morgan fingerprint density at radius 3 is 2.44 bits per heavy atom. The standard InChI is InChI=1S/C27H36N8O/c1-27(2,24-30-25(28)32-26(31-24)35-14-16-36-17-15-35)19-21-6-4-5-7-22(21)20-8-9-29-23(18-20)34-12-10-33(3)11-13-34/h4-9,18H,10-17,19H2,1-3H3,(H2,28,30,31,32). The number of anilines is 3. The first-order valence-electron chi connectivity index (χ1n) is 12.7. The molecule has 9 nitrogen and oxygen atoms in total. The molecule has 0 bridgehead atoms. The minimum Gasteiger partial charge on any atom is -0.378 e. The van der Waals surface area contributed by atoms with E-state index in [-0.39, 0.29) is 11.4 Å². The molecule has 0 saturated carbocycles. The first-order chi connectivity index (χ1) is 17.4. The van der Waals surface area contributed by atoms with Crippen molar-refractivity contribution in [2.45, 2.75) is 25.7 Å². The summed E-state index contributed by atoms with van der Waals surface area (Å²) in [7, 11) is 2.17. The molecule has 1 aromatic carbocycles. The number of benzene rings is 1. The highest BCUT2D eigenvalue weighted by molar-refractivity contribution is 5.70. The molecular weight excluding hydrogens is 452 g/mol. The van der Waals surface area contributed by atoms with Crippen LogP contribution < -0.4 is 15.5 Å². The first kappa shape index (κ1) is 24.4. The van der Waals surface area contributed by atoms with Gasteiger partial charge in [-0.3, -0.25) is 0 Å². The van der Waals surface area contributed by atoms with E-state index in [2.05, 4.69) is 86.9 Å². The fraction of sp³-hybridized carbons (Fsp3) is 0.481. The van der Waals surface area contributed by atoms with Crippen molar-refractivity contribution >= 4 is 17.7 Å². The molecule has 2 fully saturated rings. The van der Waals surface area contributed by atoms with Crippen LogP contribution in [0.5, 0.6) is 0 Å². The van der Waals surface area contributed by atoms with Crippen LogP contribution in [0.1, 0.15) is 25.2 Å². The number of nitrogens with two attached hydrogens (primary N) is 1. The lowest BCUT2D eigenvalue weighted by Crippen LogP contribution is -2.44. The molecule has 0 unspecified atom stereocenters. The Bertz CT molecular complexity index is 1190.